The molecule has 2 rings (SSSR count). The number of hydrogen-bond acceptors (Lipinski definition) is 4. The van der Waals surface area contributed by atoms with Crippen LogP contribution in [-0.2, 0) is 20.8 Å². The number of methoxy groups -OCH3 is 2. The van der Waals surface area contributed by atoms with Gasteiger partial charge in [0, 0.05) is 25.4 Å². The zero-order chi connectivity index (χ0) is 15.2. The first kappa shape index (κ1) is 15.1. The molecule has 1 heterocycles. The van der Waals surface area contributed by atoms with Crippen molar-refractivity contribution in [2.24, 2.45) is 0 Å². The normalized spacial score (nSPS) is 10.6. The molecule has 0 unspecified atom stereocenters. The molecule has 1 aromatic carbocycles. The first-order chi connectivity index (χ1) is 10.2. The fraction of sp³-hybridized carbons (Fsp3) is 0.333. The van der Waals surface area contributed by atoms with E-state index in [2.05, 4.69) is 5.32 Å². The number of esters is 1. The third kappa shape index (κ3) is 3.61. The molecule has 0 spiro atoms. The van der Waals surface area contributed by atoms with Gasteiger partial charge in [-0.05, 0) is 23.6 Å². The van der Waals surface area contributed by atoms with E-state index in [-0.39, 0.29) is 12.5 Å². The molecule has 6 nitrogen and oxygen atoms in total. The molecule has 1 aromatic heterocycles. The Kier molecular flexibility index (Phi) is 4.94. The molecule has 0 radical (unpaired) electrons. The van der Waals surface area contributed by atoms with Crippen molar-refractivity contribution in [1.29, 1.82) is 0 Å². The summed E-state index contributed by atoms with van der Waals surface area (Å²) >= 11 is 0. The molecule has 0 saturated carbocycles. The highest BCUT2D eigenvalue weighted by Crippen LogP contribution is 2.18. The molecule has 21 heavy (non-hydrogen) atoms. The Morgan fingerprint density at radius 3 is 2.76 bits per heavy atom. The summed E-state index contributed by atoms with van der Waals surface area (Å²) in [4.78, 5) is 23.4. The molecule has 6 heteroatoms. The van der Waals surface area contributed by atoms with E-state index in [0.29, 0.717) is 18.7 Å². The molecule has 1 N–H and O–H groups in total. The summed E-state index contributed by atoms with van der Waals surface area (Å²) in [6.07, 6.45) is 1.82. The Morgan fingerprint density at radius 1 is 1.24 bits per heavy atom. The van der Waals surface area contributed by atoms with Gasteiger partial charge in [-0.2, -0.15) is 0 Å². The molecule has 112 valence electrons. The number of nitrogens with zero attached hydrogens (tertiary/aromatic N) is 1. The van der Waals surface area contributed by atoms with E-state index in [1.807, 2.05) is 18.3 Å². The van der Waals surface area contributed by atoms with Gasteiger partial charge in [-0.3, -0.25) is 4.79 Å². The molecule has 0 atom stereocenters. The van der Waals surface area contributed by atoms with Crippen LogP contribution in [0.25, 0.3) is 10.9 Å². The van der Waals surface area contributed by atoms with Crippen molar-refractivity contribution in [1.82, 2.24) is 9.88 Å². The summed E-state index contributed by atoms with van der Waals surface area (Å²) in [6.45, 7) is 1.14. The Morgan fingerprint density at radius 2 is 2.05 bits per heavy atom. The van der Waals surface area contributed by atoms with Gasteiger partial charge in [0.25, 0.3) is 0 Å². The fourth-order valence-corrected chi connectivity index (χ4v) is 2.07. The molecule has 0 aliphatic carbocycles. The van der Waals surface area contributed by atoms with Crippen LogP contribution in [0.3, 0.4) is 0 Å². The molecule has 0 saturated heterocycles. The number of nitrogens with one attached hydrogen (secondary N) is 1. The van der Waals surface area contributed by atoms with Crippen LogP contribution in [0.2, 0.25) is 0 Å². The molecule has 1 amide bonds. The maximum absolute atomic E-state index is 11.8. The first-order valence-electron chi connectivity index (χ1n) is 6.58. The number of carbonyl (C=O) groups is 2. The van der Waals surface area contributed by atoms with E-state index in [4.69, 9.17) is 9.47 Å². The minimum absolute atomic E-state index is 0.104. The largest absolute Gasteiger partial charge is 0.465 e. The molecule has 0 fully saturated rings. The molecule has 2 aromatic rings. The zero-order valence-electron chi connectivity index (χ0n) is 12.1. The Hall–Kier alpha value is -2.34. The smallest absolute Gasteiger partial charge is 0.337 e. The van der Waals surface area contributed by atoms with Crippen LogP contribution in [0, 0.1) is 0 Å². The van der Waals surface area contributed by atoms with E-state index in [1.165, 1.54) is 7.11 Å². The van der Waals surface area contributed by atoms with E-state index >= 15 is 0 Å². The van der Waals surface area contributed by atoms with E-state index in [0.717, 1.165) is 10.9 Å². The summed E-state index contributed by atoms with van der Waals surface area (Å²) in [5.41, 5.74) is 1.28. The second-order valence-corrected chi connectivity index (χ2v) is 4.55. The number of fused-ring (bicyclic) bond motifs is 1. The standard InChI is InChI=1S/C15H18N2O4/c1-20-8-6-16-14(18)10-17-7-5-11-3-4-12(9-13(11)17)15(19)21-2/h3-5,7,9H,6,8,10H2,1-2H3,(H,16,18). The van der Waals surface area contributed by atoms with Gasteiger partial charge in [-0.25, -0.2) is 4.79 Å². The number of amides is 1. The molecule has 0 bridgehead atoms. The zero-order valence-corrected chi connectivity index (χ0v) is 12.1. The number of aromatic nitrogens is 1. The predicted molar refractivity (Wildman–Crippen MR) is 78.2 cm³/mol. The lowest BCUT2D eigenvalue weighted by molar-refractivity contribution is -0.121. The number of ether oxygens (including phenoxy) is 2. The van der Waals surface area contributed by atoms with Crippen molar-refractivity contribution in [3.63, 3.8) is 0 Å². The lowest BCUT2D eigenvalue weighted by Gasteiger charge is -2.07. The SMILES string of the molecule is COCCNC(=O)Cn1ccc2ccc(C(=O)OC)cc21. The fourth-order valence-electron chi connectivity index (χ4n) is 2.07. The van der Waals surface area contributed by atoms with Gasteiger partial charge < -0.3 is 19.4 Å². The topological polar surface area (TPSA) is 69.6 Å². The van der Waals surface area contributed by atoms with Crippen molar-refractivity contribution in [3.8, 4) is 0 Å². The number of benzene rings is 1. The van der Waals surface area contributed by atoms with Gasteiger partial charge in [-0.15, -0.1) is 0 Å². The van der Waals surface area contributed by atoms with Gasteiger partial charge in [0.1, 0.15) is 6.54 Å². The van der Waals surface area contributed by atoms with Crippen molar-refractivity contribution in [2.75, 3.05) is 27.4 Å². The van der Waals surface area contributed by atoms with Crippen LogP contribution in [-0.4, -0.2) is 43.8 Å². The van der Waals surface area contributed by atoms with Crippen LogP contribution < -0.4 is 5.32 Å². The predicted octanol–water partition coefficient (Wildman–Crippen LogP) is 1.19. The van der Waals surface area contributed by atoms with E-state index in [1.54, 1.807) is 23.8 Å². The van der Waals surface area contributed by atoms with E-state index < -0.39 is 5.97 Å². The Balaban J connectivity index is 2.16. The summed E-state index contributed by atoms with van der Waals surface area (Å²) in [5.74, 6) is -0.498. The average molecular weight is 290 g/mol. The molecule has 0 aliphatic rings. The van der Waals surface area contributed by atoms with Gasteiger partial charge in [-0.1, -0.05) is 6.07 Å². The summed E-state index contributed by atoms with van der Waals surface area (Å²) < 4.78 is 11.4. The Labute approximate surface area is 122 Å². The Bertz CT molecular complexity index is 648. The van der Waals surface area contributed by atoms with Gasteiger partial charge in [0.2, 0.25) is 5.91 Å². The highest BCUT2D eigenvalue weighted by molar-refractivity contribution is 5.95. The monoisotopic (exact) mass is 290 g/mol. The average Bonchev–Trinajstić information content (AvgIpc) is 2.89. The highest BCUT2D eigenvalue weighted by Gasteiger charge is 2.10. The third-order valence-corrected chi connectivity index (χ3v) is 3.14. The van der Waals surface area contributed by atoms with Crippen LogP contribution in [0.4, 0.5) is 0 Å². The molecule has 0 aliphatic heterocycles. The number of hydrogen-bond donors (Lipinski definition) is 1. The number of carbonyl (C=O) groups excluding carboxylic acids is 2. The van der Waals surface area contributed by atoms with Crippen molar-refractivity contribution >= 4 is 22.8 Å². The maximum atomic E-state index is 11.8. The van der Waals surface area contributed by atoms with Crippen LogP contribution in [0.1, 0.15) is 10.4 Å². The minimum Gasteiger partial charge on any atom is -0.465 e. The van der Waals surface area contributed by atoms with Crippen LogP contribution >= 0.6 is 0 Å². The van der Waals surface area contributed by atoms with Crippen LogP contribution in [0.15, 0.2) is 30.5 Å². The quantitative estimate of drug-likeness (QED) is 0.641. The van der Waals surface area contributed by atoms with Crippen molar-refractivity contribution < 1.29 is 19.1 Å². The van der Waals surface area contributed by atoms with E-state index in [9.17, 15) is 9.59 Å². The van der Waals surface area contributed by atoms with Gasteiger partial charge >= 0.3 is 5.97 Å². The maximum Gasteiger partial charge on any atom is 0.337 e. The van der Waals surface area contributed by atoms with Crippen molar-refractivity contribution in [2.45, 2.75) is 6.54 Å². The number of rotatable bonds is 6. The van der Waals surface area contributed by atoms with Gasteiger partial charge in [0.05, 0.1) is 19.3 Å². The third-order valence-electron chi connectivity index (χ3n) is 3.14. The second-order valence-electron chi connectivity index (χ2n) is 4.55. The summed E-state index contributed by atoms with van der Waals surface area (Å²) in [5, 5.41) is 3.72. The summed E-state index contributed by atoms with van der Waals surface area (Å²) in [6, 6.07) is 7.17. The molecular formula is C15H18N2O4. The van der Waals surface area contributed by atoms with Gasteiger partial charge in [0.15, 0.2) is 0 Å². The lowest BCUT2D eigenvalue weighted by Crippen LogP contribution is -2.30. The minimum atomic E-state index is -0.394. The summed E-state index contributed by atoms with van der Waals surface area (Å²) in [7, 11) is 2.93. The highest BCUT2D eigenvalue weighted by atomic mass is 16.5. The first-order valence-corrected chi connectivity index (χ1v) is 6.58. The van der Waals surface area contributed by atoms with Crippen molar-refractivity contribution in [3.05, 3.63) is 36.0 Å². The second kappa shape index (κ2) is 6.90. The lowest BCUT2D eigenvalue weighted by atomic mass is 10.1. The van der Waals surface area contributed by atoms with Crippen LogP contribution in [0.5, 0.6) is 0 Å². The molecular weight excluding hydrogens is 272 g/mol.